The summed E-state index contributed by atoms with van der Waals surface area (Å²) < 4.78 is 7.40. The second-order valence-corrected chi connectivity index (χ2v) is 7.15. The van der Waals surface area contributed by atoms with Crippen molar-refractivity contribution in [2.24, 2.45) is 5.73 Å². The molecule has 1 aromatic heterocycles. The number of amides is 3. The third-order valence-electron chi connectivity index (χ3n) is 4.95. The molecule has 2 aromatic rings. The van der Waals surface area contributed by atoms with Crippen LogP contribution in [0.4, 0.5) is 10.6 Å². The molecule has 9 nitrogen and oxygen atoms in total. The molecule has 1 saturated heterocycles. The van der Waals surface area contributed by atoms with Crippen LogP contribution >= 0.6 is 0 Å². The number of para-hydroxylation sites is 1. The predicted octanol–water partition coefficient (Wildman–Crippen LogP) is 1.60. The van der Waals surface area contributed by atoms with Gasteiger partial charge in [0, 0.05) is 32.6 Å². The summed E-state index contributed by atoms with van der Waals surface area (Å²) >= 11 is 0. The minimum Gasteiger partial charge on any atom is -0.476 e. The van der Waals surface area contributed by atoms with Gasteiger partial charge in [0.2, 0.25) is 11.8 Å². The number of urea groups is 1. The quantitative estimate of drug-likeness (QED) is 0.687. The highest BCUT2D eigenvalue weighted by Gasteiger charge is 2.20. The number of nitrogens with one attached hydrogen (secondary N) is 1. The number of aromatic nitrogens is 2. The second kappa shape index (κ2) is 9.42. The first-order valence-corrected chi connectivity index (χ1v) is 9.76. The molecule has 0 saturated carbocycles. The summed E-state index contributed by atoms with van der Waals surface area (Å²) in [6.45, 7) is 5.55. The molecule has 1 fully saturated rings. The lowest BCUT2D eigenvalue weighted by atomic mass is 10.2. The Hall–Kier alpha value is -3.07. The number of anilines is 1. The standard InChI is InChI=1S/C20H28N6O3/c1-15-18(22-20(21)28)26(16-7-4-3-5-8-16)23-19(15)29-14-6-9-17(27)25-12-10-24(2)11-13-25/h3-5,7-8H,6,9-14H2,1-2H3,(H3,21,22,28). The molecule has 29 heavy (non-hydrogen) atoms. The van der Waals surface area contributed by atoms with Crippen LogP contribution in [0.5, 0.6) is 5.88 Å². The van der Waals surface area contributed by atoms with E-state index in [0.29, 0.717) is 36.7 Å². The van der Waals surface area contributed by atoms with E-state index in [1.807, 2.05) is 42.2 Å². The van der Waals surface area contributed by atoms with Gasteiger partial charge in [-0.1, -0.05) is 18.2 Å². The first-order valence-electron chi connectivity index (χ1n) is 9.76. The van der Waals surface area contributed by atoms with E-state index in [-0.39, 0.29) is 5.91 Å². The first kappa shape index (κ1) is 20.7. The van der Waals surface area contributed by atoms with Crippen LogP contribution in [0.25, 0.3) is 5.69 Å². The van der Waals surface area contributed by atoms with Crippen molar-refractivity contribution in [3.05, 3.63) is 35.9 Å². The van der Waals surface area contributed by atoms with Crippen molar-refractivity contribution < 1.29 is 14.3 Å². The van der Waals surface area contributed by atoms with Gasteiger partial charge in [-0.25, -0.2) is 9.48 Å². The number of piperazine rings is 1. The van der Waals surface area contributed by atoms with Crippen LogP contribution in [0.15, 0.2) is 30.3 Å². The van der Waals surface area contributed by atoms with Gasteiger partial charge in [0.05, 0.1) is 17.9 Å². The zero-order chi connectivity index (χ0) is 20.8. The third-order valence-corrected chi connectivity index (χ3v) is 4.95. The molecule has 0 aliphatic carbocycles. The number of hydrogen-bond acceptors (Lipinski definition) is 5. The van der Waals surface area contributed by atoms with E-state index in [1.54, 1.807) is 4.68 Å². The summed E-state index contributed by atoms with van der Waals surface area (Å²) in [7, 11) is 2.06. The predicted molar refractivity (Wildman–Crippen MR) is 110 cm³/mol. The summed E-state index contributed by atoms with van der Waals surface area (Å²) in [6, 6.07) is 8.73. The maximum absolute atomic E-state index is 12.3. The van der Waals surface area contributed by atoms with Gasteiger partial charge in [0.15, 0.2) is 0 Å². The van der Waals surface area contributed by atoms with Crippen LogP contribution in [0.2, 0.25) is 0 Å². The van der Waals surface area contributed by atoms with Crippen molar-refractivity contribution in [2.45, 2.75) is 19.8 Å². The number of nitrogens with zero attached hydrogens (tertiary/aromatic N) is 4. The van der Waals surface area contributed by atoms with Gasteiger partial charge in [-0.2, -0.15) is 0 Å². The molecule has 1 aromatic carbocycles. The number of likely N-dealkylation sites (N-methyl/N-ethyl adjacent to an activating group) is 1. The molecule has 2 heterocycles. The van der Waals surface area contributed by atoms with Gasteiger partial charge in [-0.3, -0.25) is 10.1 Å². The molecule has 1 aliphatic rings. The van der Waals surface area contributed by atoms with Crippen LogP contribution in [0, 0.1) is 6.92 Å². The Balaban J connectivity index is 1.60. The van der Waals surface area contributed by atoms with Gasteiger partial charge in [-0.15, -0.1) is 5.10 Å². The highest BCUT2D eigenvalue weighted by atomic mass is 16.5. The fourth-order valence-corrected chi connectivity index (χ4v) is 3.24. The van der Waals surface area contributed by atoms with Crippen molar-refractivity contribution in [1.82, 2.24) is 19.6 Å². The van der Waals surface area contributed by atoms with Gasteiger partial charge >= 0.3 is 6.03 Å². The van der Waals surface area contributed by atoms with E-state index in [9.17, 15) is 9.59 Å². The SMILES string of the molecule is Cc1c(OCCCC(=O)N2CCN(C)CC2)nn(-c2ccccc2)c1NC(N)=O. The van der Waals surface area contributed by atoms with E-state index < -0.39 is 6.03 Å². The lowest BCUT2D eigenvalue weighted by Crippen LogP contribution is -2.47. The van der Waals surface area contributed by atoms with E-state index in [4.69, 9.17) is 10.5 Å². The summed E-state index contributed by atoms with van der Waals surface area (Å²) in [4.78, 5) is 27.8. The van der Waals surface area contributed by atoms with Crippen molar-refractivity contribution in [3.63, 3.8) is 0 Å². The van der Waals surface area contributed by atoms with Crippen LogP contribution in [-0.4, -0.2) is 71.4 Å². The Morgan fingerprint density at radius 1 is 1.17 bits per heavy atom. The molecule has 1 aliphatic heterocycles. The number of nitrogens with two attached hydrogens (primary N) is 1. The van der Waals surface area contributed by atoms with Crippen molar-refractivity contribution in [1.29, 1.82) is 0 Å². The molecule has 3 rings (SSSR count). The number of carbonyl (C=O) groups is 2. The Kier molecular flexibility index (Phi) is 6.71. The lowest BCUT2D eigenvalue weighted by molar-refractivity contribution is -0.133. The van der Waals surface area contributed by atoms with Gasteiger partial charge in [0.25, 0.3) is 0 Å². The first-order chi connectivity index (χ1) is 14.0. The number of benzene rings is 1. The summed E-state index contributed by atoms with van der Waals surface area (Å²) in [5.41, 5.74) is 6.76. The van der Waals surface area contributed by atoms with Gasteiger partial charge < -0.3 is 20.3 Å². The molecule has 0 spiro atoms. The smallest absolute Gasteiger partial charge is 0.317 e. The fourth-order valence-electron chi connectivity index (χ4n) is 3.24. The molecule has 0 bridgehead atoms. The Bertz CT molecular complexity index is 843. The Labute approximate surface area is 170 Å². The van der Waals surface area contributed by atoms with Crippen molar-refractivity contribution in [3.8, 4) is 11.6 Å². The highest BCUT2D eigenvalue weighted by molar-refractivity contribution is 5.88. The maximum atomic E-state index is 12.3. The second-order valence-electron chi connectivity index (χ2n) is 7.15. The van der Waals surface area contributed by atoms with Crippen LogP contribution < -0.4 is 15.8 Å². The molecular weight excluding hydrogens is 372 g/mol. The van der Waals surface area contributed by atoms with Crippen LogP contribution in [0.1, 0.15) is 18.4 Å². The summed E-state index contributed by atoms with van der Waals surface area (Å²) in [6.07, 6.45) is 1.04. The number of hydrogen-bond donors (Lipinski definition) is 2. The average molecular weight is 400 g/mol. The van der Waals surface area contributed by atoms with Crippen LogP contribution in [-0.2, 0) is 4.79 Å². The molecule has 9 heteroatoms. The van der Waals surface area contributed by atoms with E-state index >= 15 is 0 Å². The van der Waals surface area contributed by atoms with Crippen molar-refractivity contribution in [2.75, 3.05) is 45.2 Å². The third kappa shape index (κ3) is 5.26. The zero-order valence-electron chi connectivity index (χ0n) is 16.9. The summed E-state index contributed by atoms with van der Waals surface area (Å²) in [5.74, 6) is 1.03. The van der Waals surface area contributed by atoms with E-state index in [0.717, 1.165) is 31.9 Å². The van der Waals surface area contributed by atoms with E-state index in [1.165, 1.54) is 0 Å². The molecule has 0 radical (unpaired) electrons. The minimum atomic E-state index is -0.672. The zero-order valence-corrected chi connectivity index (χ0v) is 16.9. The van der Waals surface area contributed by atoms with Crippen molar-refractivity contribution >= 4 is 17.8 Å². The minimum absolute atomic E-state index is 0.157. The average Bonchev–Trinajstić information content (AvgIpc) is 3.01. The normalized spacial score (nSPS) is 14.6. The molecule has 0 atom stereocenters. The summed E-state index contributed by atoms with van der Waals surface area (Å²) in [5, 5.41) is 7.08. The number of carbonyl (C=O) groups excluding carboxylic acids is 2. The number of primary amides is 1. The Morgan fingerprint density at radius 3 is 2.52 bits per heavy atom. The fraction of sp³-hybridized carbons (Fsp3) is 0.450. The van der Waals surface area contributed by atoms with E-state index in [2.05, 4.69) is 22.4 Å². The largest absolute Gasteiger partial charge is 0.476 e. The Morgan fingerprint density at radius 2 is 1.86 bits per heavy atom. The molecule has 0 unspecified atom stereocenters. The number of rotatable bonds is 7. The monoisotopic (exact) mass is 400 g/mol. The number of ether oxygens (including phenoxy) is 1. The molecule has 3 amide bonds. The van der Waals surface area contributed by atoms with Gasteiger partial charge in [-0.05, 0) is 32.5 Å². The van der Waals surface area contributed by atoms with Crippen LogP contribution in [0.3, 0.4) is 0 Å². The highest BCUT2D eigenvalue weighted by Crippen LogP contribution is 2.28. The molecular formula is C20H28N6O3. The lowest BCUT2D eigenvalue weighted by Gasteiger charge is -2.32. The maximum Gasteiger partial charge on any atom is 0.317 e. The molecule has 156 valence electrons. The molecule has 3 N–H and O–H groups in total. The topological polar surface area (TPSA) is 106 Å². The van der Waals surface area contributed by atoms with Gasteiger partial charge in [0.1, 0.15) is 5.82 Å².